The maximum atomic E-state index is 11.5. The number of rotatable bonds is 7. The molecule has 106 valence electrons. The van der Waals surface area contributed by atoms with Crippen LogP contribution in [0.1, 0.15) is 40.0 Å². The van der Waals surface area contributed by atoms with Gasteiger partial charge in [0.05, 0.1) is 5.41 Å². The van der Waals surface area contributed by atoms with Crippen LogP contribution in [0.5, 0.6) is 0 Å². The van der Waals surface area contributed by atoms with Crippen molar-refractivity contribution in [2.75, 3.05) is 0 Å². The zero-order chi connectivity index (χ0) is 14.8. The highest BCUT2D eigenvalue weighted by molar-refractivity contribution is 7.88. The largest absolute Gasteiger partial charge is 0.481 e. The standard InChI is InChI=1S/C10H18O7S/c1-4-5-6-10(8(13)14,18(15,16)17)9(2,3)7(11)12/h4-6H2,1-3H3,(H,11,12)(H,13,14)(H,15,16,17). The highest BCUT2D eigenvalue weighted by Gasteiger charge is 2.64. The first kappa shape index (κ1) is 16.9. The Morgan fingerprint density at radius 3 is 1.78 bits per heavy atom. The first-order valence-corrected chi connectivity index (χ1v) is 6.83. The van der Waals surface area contributed by atoms with Gasteiger partial charge in [-0.2, -0.15) is 8.42 Å². The van der Waals surface area contributed by atoms with Crippen LogP contribution in [0.3, 0.4) is 0 Å². The molecule has 3 N–H and O–H groups in total. The number of carbonyl (C=O) groups is 2. The second-order valence-electron chi connectivity index (χ2n) is 4.64. The van der Waals surface area contributed by atoms with Crippen LogP contribution in [-0.4, -0.2) is 39.9 Å². The van der Waals surface area contributed by atoms with E-state index in [1.165, 1.54) is 0 Å². The van der Waals surface area contributed by atoms with Crippen molar-refractivity contribution < 1.29 is 32.8 Å². The van der Waals surface area contributed by atoms with Gasteiger partial charge in [0, 0.05) is 0 Å². The Hall–Kier alpha value is -1.15. The summed E-state index contributed by atoms with van der Waals surface area (Å²) in [7, 11) is -5.08. The molecule has 1 unspecified atom stereocenters. The molecule has 0 amide bonds. The average molecular weight is 282 g/mol. The Labute approximate surface area is 106 Å². The Morgan fingerprint density at radius 1 is 1.11 bits per heavy atom. The van der Waals surface area contributed by atoms with Crippen LogP contribution < -0.4 is 0 Å². The molecule has 18 heavy (non-hydrogen) atoms. The number of aliphatic carboxylic acids is 2. The maximum Gasteiger partial charge on any atom is 0.328 e. The summed E-state index contributed by atoms with van der Waals surface area (Å²) in [5.74, 6) is -3.45. The summed E-state index contributed by atoms with van der Waals surface area (Å²) in [6, 6.07) is 0. The molecule has 0 spiro atoms. The lowest BCUT2D eigenvalue weighted by Gasteiger charge is -2.37. The van der Waals surface area contributed by atoms with Crippen LogP contribution in [0.25, 0.3) is 0 Å². The van der Waals surface area contributed by atoms with Gasteiger partial charge in [0.25, 0.3) is 10.1 Å². The van der Waals surface area contributed by atoms with E-state index < -0.39 is 38.6 Å². The van der Waals surface area contributed by atoms with E-state index in [-0.39, 0.29) is 6.42 Å². The van der Waals surface area contributed by atoms with Gasteiger partial charge >= 0.3 is 11.9 Å². The molecule has 0 saturated heterocycles. The molecule has 0 bridgehead atoms. The lowest BCUT2D eigenvalue weighted by molar-refractivity contribution is -0.158. The van der Waals surface area contributed by atoms with Crippen molar-refractivity contribution in [1.29, 1.82) is 0 Å². The average Bonchev–Trinajstić information content (AvgIpc) is 2.15. The fraction of sp³-hybridized carbons (Fsp3) is 0.800. The molecule has 0 aromatic carbocycles. The van der Waals surface area contributed by atoms with E-state index >= 15 is 0 Å². The Bertz CT molecular complexity index is 437. The van der Waals surface area contributed by atoms with Crippen molar-refractivity contribution in [2.45, 2.75) is 44.8 Å². The number of carboxylic acids is 2. The van der Waals surface area contributed by atoms with Gasteiger partial charge in [-0.3, -0.25) is 14.1 Å². The maximum absolute atomic E-state index is 11.5. The van der Waals surface area contributed by atoms with Crippen molar-refractivity contribution in [3.63, 3.8) is 0 Å². The predicted molar refractivity (Wildman–Crippen MR) is 62.9 cm³/mol. The van der Waals surface area contributed by atoms with E-state index in [1.807, 2.05) is 0 Å². The molecule has 0 aliphatic heterocycles. The molecule has 7 nitrogen and oxygen atoms in total. The monoisotopic (exact) mass is 282 g/mol. The van der Waals surface area contributed by atoms with E-state index in [0.717, 1.165) is 13.8 Å². The smallest absolute Gasteiger partial charge is 0.328 e. The van der Waals surface area contributed by atoms with Crippen molar-refractivity contribution in [1.82, 2.24) is 0 Å². The van der Waals surface area contributed by atoms with Gasteiger partial charge < -0.3 is 10.2 Å². The van der Waals surface area contributed by atoms with E-state index in [1.54, 1.807) is 6.92 Å². The third kappa shape index (κ3) is 2.49. The molecular formula is C10H18O7S. The normalized spacial score (nSPS) is 16.0. The first-order chi connectivity index (χ1) is 7.95. The van der Waals surface area contributed by atoms with E-state index in [4.69, 9.17) is 10.2 Å². The minimum atomic E-state index is -5.08. The molecule has 8 heteroatoms. The lowest BCUT2D eigenvalue weighted by atomic mass is 9.75. The number of unbranched alkanes of at least 4 members (excludes halogenated alkanes) is 1. The third-order valence-corrected chi connectivity index (χ3v) is 4.98. The van der Waals surface area contributed by atoms with Crippen LogP contribution in [0.4, 0.5) is 0 Å². The van der Waals surface area contributed by atoms with Gasteiger partial charge in [-0.25, -0.2) is 0 Å². The van der Waals surface area contributed by atoms with Gasteiger partial charge in [0.15, 0.2) is 0 Å². The number of hydrogen-bond donors (Lipinski definition) is 3. The lowest BCUT2D eigenvalue weighted by Crippen LogP contribution is -2.60. The van der Waals surface area contributed by atoms with E-state index in [0.29, 0.717) is 6.42 Å². The number of carboxylic acid groups (broad SMARTS) is 2. The fourth-order valence-electron chi connectivity index (χ4n) is 1.85. The molecule has 0 fully saturated rings. The number of hydrogen-bond acceptors (Lipinski definition) is 4. The third-order valence-electron chi connectivity index (χ3n) is 3.21. The molecule has 1 atom stereocenters. The van der Waals surface area contributed by atoms with Gasteiger partial charge in [-0.15, -0.1) is 0 Å². The van der Waals surface area contributed by atoms with Crippen molar-refractivity contribution in [3.05, 3.63) is 0 Å². The molecular weight excluding hydrogens is 264 g/mol. The SMILES string of the molecule is CCCCC(C(=O)O)(C(C)(C)C(=O)O)S(=O)(=O)O. The molecule has 0 aliphatic carbocycles. The van der Waals surface area contributed by atoms with Crippen LogP contribution in [0, 0.1) is 5.41 Å². The zero-order valence-electron chi connectivity index (χ0n) is 10.5. The molecule has 0 radical (unpaired) electrons. The van der Waals surface area contributed by atoms with Crippen molar-refractivity contribution in [2.24, 2.45) is 5.41 Å². The van der Waals surface area contributed by atoms with Gasteiger partial charge in [0.2, 0.25) is 4.75 Å². The van der Waals surface area contributed by atoms with E-state index in [9.17, 15) is 22.6 Å². The summed E-state index contributed by atoms with van der Waals surface area (Å²) >= 11 is 0. The van der Waals surface area contributed by atoms with Crippen molar-refractivity contribution >= 4 is 22.1 Å². The van der Waals surface area contributed by atoms with E-state index in [2.05, 4.69) is 0 Å². The van der Waals surface area contributed by atoms with Crippen LogP contribution >= 0.6 is 0 Å². The molecule has 0 aromatic rings. The predicted octanol–water partition coefficient (Wildman–Crippen LogP) is 0.999. The minimum Gasteiger partial charge on any atom is -0.481 e. The second-order valence-corrected chi connectivity index (χ2v) is 6.29. The fourth-order valence-corrected chi connectivity index (χ4v) is 3.20. The molecule has 0 heterocycles. The molecule has 0 aromatic heterocycles. The Kier molecular flexibility index (Phi) is 4.90. The summed E-state index contributed by atoms with van der Waals surface area (Å²) in [5, 5.41) is 18.2. The van der Waals surface area contributed by atoms with Crippen LogP contribution in [0.15, 0.2) is 0 Å². The topological polar surface area (TPSA) is 129 Å². The van der Waals surface area contributed by atoms with Crippen LogP contribution in [0.2, 0.25) is 0 Å². The van der Waals surface area contributed by atoms with Gasteiger partial charge in [0.1, 0.15) is 0 Å². The molecule has 0 saturated carbocycles. The van der Waals surface area contributed by atoms with Crippen molar-refractivity contribution in [3.8, 4) is 0 Å². The first-order valence-electron chi connectivity index (χ1n) is 5.39. The second kappa shape index (κ2) is 5.23. The highest BCUT2D eigenvalue weighted by Crippen LogP contribution is 2.42. The highest BCUT2D eigenvalue weighted by atomic mass is 32.2. The Balaban J connectivity index is 6.12. The zero-order valence-corrected chi connectivity index (χ0v) is 11.3. The quantitative estimate of drug-likeness (QED) is 0.594. The minimum absolute atomic E-state index is 0.169. The Morgan fingerprint density at radius 2 is 1.56 bits per heavy atom. The molecule has 0 aliphatic rings. The van der Waals surface area contributed by atoms with Gasteiger partial charge in [-0.1, -0.05) is 19.8 Å². The summed E-state index contributed by atoms with van der Waals surface area (Å²) in [5.41, 5.74) is -2.15. The van der Waals surface area contributed by atoms with Crippen LogP contribution in [-0.2, 0) is 19.7 Å². The molecule has 0 rings (SSSR count). The summed E-state index contributed by atoms with van der Waals surface area (Å²) in [6.07, 6.45) is 0.181. The van der Waals surface area contributed by atoms with Gasteiger partial charge in [-0.05, 0) is 20.3 Å². The summed E-state index contributed by atoms with van der Waals surface area (Å²) in [4.78, 5) is 22.5. The summed E-state index contributed by atoms with van der Waals surface area (Å²) in [6.45, 7) is 3.66. The summed E-state index contributed by atoms with van der Waals surface area (Å²) < 4.78 is 29.4.